The summed E-state index contributed by atoms with van der Waals surface area (Å²) in [5, 5.41) is 0.521. The Hall–Kier alpha value is -2.11. The van der Waals surface area contributed by atoms with Crippen LogP contribution in [0, 0.1) is 0 Å². The molecular formula is C17H17N3OS. The third kappa shape index (κ3) is 3.05. The van der Waals surface area contributed by atoms with Gasteiger partial charge in [0.05, 0.1) is 11.0 Å². The van der Waals surface area contributed by atoms with E-state index in [2.05, 4.69) is 9.97 Å². The van der Waals surface area contributed by atoms with Crippen molar-refractivity contribution >= 4 is 27.9 Å². The molecule has 2 aromatic carbocycles. The Labute approximate surface area is 133 Å². The lowest BCUT2D eigenvalue weighted by Crippen LogP contribution is -2.14. The molecule has 0 aliphatic heterocycles. The van der Waals surface area contributed by atoms with E-state index in [1.807, 2.05) is 67.5 Å². The topological polar surface area (TPSA) is 52.1 Å². The van der Waals surface area contributed by atoms with E-state index in [0.29, 0.717) is 10.8 Å². The monoisotopic (exact) mass is 311 g/mol. The lowest BCUT2D eigenvalue weighted by Gasteiger charge is -2.18. The van der Waals surface area contributed by atoms with Crippen molar-refractivity contribution in [2.24, 2.45) is 0 Å². The molecule has 4 nitrogen and oxygen atoms in total. The van der Waals surface area contributed by atoms with Gasteiger partial charge in [-0.1, -0.05) is 30.3 Å². The first kappa shape index (κ1) is 14.8. The molecule has 0 amide bonds. The summed E-state index contributed by atoms with van der Waals surface area (Å²) < 4.78 is 12.6. The van der Waals surface area contributed by atoms with Gasteiger partial charge in [0.25, 0.3) is 5.03 Å². The van der Waals surface area contributed by atoms with Crippen LogP contribution in [0.4, 0.5) is 5.69 Å². The van der Waals surface area contributed by atoms with E-state index in [9.17, 15) is 4.55 Å². The van der Waals surface area contributed by atoms with Gasteiger partial charge in [0.1, 0.15) is 11.9 Å². The van der Waals surface area contributed by atoms with E-state index in [4.69, 9.17) is 0 Å². The molecule has 0 aliphatic rings. The molecule has 1 atom stereocenters. The van der Waals surface area contributed by atoms with Gasteiger partial charge in [-0.25, -0.2) is 4.98 Å². The smallest absolute Gasteiger partial charge is 0.263 e. The Bertz CT molecular complexity index is 791. The lowest BCUT2D eigenvalue weighted by molar-refractivity contribution is 0.590. The number of rotatable bonds is 4. The van der Waals surface area contributed by atoms with Gasteiger partial charge in [0.15, 0.2) is 0 Å². The minimum atomic E-state index is -1.22. The zero-order valence-electron chi connectivity index (χ0n) is 12.6. The molecule has 22 heavy (non-hydrogen) atoms. The largest absolute Gasteiger partial charge is 0.610 e. The Balaban J connectivity index is 1.88. The minimum Gasteiger partial charge on any atom is -0.610 e. The number of hydrogen-bond donors (Lipinski definition) is 0. The highest BCUT2D eigenvalue weighted by Crippen LogP contribution is 2.23. The van der Waals surface area contributed by atoms with E-state index in [0.717, 1.165) is 22.3 Å². The predicted molar refractivity (Wildman–Crippen MR) is 90.4 cm³/mol. The first-order valence-corrected chi connectivity index (χ1v) is 8.32. The van der Waals surface area contributed by atoms with Crippen LogP contribution in [0.25, 0.3) is 11.0 Å². The fourth-order valence-electron chi connectivity index (χ4n) is 2.33. The highest BCUT2D eigenvalue weighted by Gasteiger charge is 2.17. The maximum atomic E-state index is 12.6. The average Bonchev–Trinajstić information content (AvgIpc) is 2.54. The molecule has 0 saturated heterocycles. The van der Waals surface area contributed by atoms with Crippen LogP contribution in [0.3, 0.4) is 0 Å². The molecule has 3 aromatic rings. The summed E-state index contributed by atoms with van der Waals surface area (Å²) in [6, 6.07) is 15.6. The molecule has 0 N–H and O–H groups in total. The van der Waals surface area contributed by atoms with Crippen molar-refractivity contribution in [1.82, 2.24) is 9.97 Å². The second-order valence-electron chi connectivity index (χ2n) is 5.21. The molecule has 0 aliphatic carbocycles. The van der Waals surface area contributed by atoms with Crippen LogP contribution >= 0.6 is 0 Å². The average molecular weight is 311 g/mol. The second-order valence-corrected chi connectivity index (χ2v) is 6.61. The van der Waals surface area contributed by atoms with E-state index < -0.39 is 11.2 Å². The first-order valence-electron chi connectivity index (χ1n) is 7.00. The highest BCUT2D eigenvalue weighted by molar-refractivity contribution is 7.90. The van der Waals surface area contributed by atoms with Crippen LogP contribution in [0.2, 0.25) is 0 Å². The van der Waals surface area contributed by atoms with E-state index in [1.165, 1.54) is 0 Å². The summed E-state index contributed by atoms with van der Waals surface area (Å²) in [5.41, 5.74) is 3.71. The summed E-state index contributed by atoms with van der Waals surface area (Å²) in [4.78, 5) is 10.8. The number of hydrogen-bond acceptors (Lipinski definition) is 4. The van der Waals surface area contributed by atoms with Crippen molar-refractivity contribution in [1.29, 1.82) is 0 Å². The van der Waals surface area contributed by atoms with Crippen LogP contribution in [-0.4, -0.2) is 28.6 Å². The fourth-order valence-corrected chi connectivity index (χ4v) is 3.38. The normalized spacial score (nSPS) is 12.3. The summed E-state index contributed by atoms with van der Waals surface area (Å²) in [7, 11) is 3.97. The molecule has 5 heteroatoms. The van der Waals surface area contributed by atoms with Crippen LogP contribution < -0.4 is 4.90 Å². The predicted octanol–water partition coefficient (Wildman–Crippen LogP) is 3.00. The van der Waals surface area contributed by atoms with Gasteiger partial charge in [-0.15, -0.1) is 0 Å². The van der Waals surface area contributed by atoms with Gasteiger partial charge < -0.3 is 9.45 Å². The number of benzene rings is 2. The molecule has 0 bridgehead atoms. The van der Waals surface area contributed by atoms with E-state index in [1.54, 1.807) is 6.20 Å². The van der Waals surface area contributed by atoms with Crippen molar-refractivity contribution in [3.8, 4) is 0 Å². The van der Waals surface area contributed by atoms with Crippen molar-refractivity contribution in [2.45, 2.75) is 10.8 Å². The molecule has 1 aromatic heterocycles. The lowest BCUT2D eigenvalue weighted by atomic mass is 10.2. The summed E-state index contributed by atoms with van der Waals surface area (Å²) in [5.74, 6) is 0.432. The number of para-hydroxylation sites is 3. The minimum absolute atomic E-state index is 0.432. The zero-order chi connectivity index (χ0) is 15.5. The Morgan fingerprint density at radius 1 is 1.00 bits per heavy atom. The van der Waals surface area contributed by atoms with Crippen LogP contribution in [0.5, 0.6) is 0 Å². The van der Waals surface area contributed by atoms with Crippen LogP contribution in [0.15, 0.2) is 59.8 Å². The van der Waals surface area contributed by atoms with Gasteiger partial charge in [-0.2, -0.15) is 4.98 Å². The molecule has 1 heterocycles. The van der Waals surface area contributed by atoms with Gasteiger partial charge >= 0.3 is 0 Å². The summed E-state index contributed by atoms with van der Waals surface area (Å²) in [6.45, 7) is 0. The fraction of sp³-hybridized carbons (Fsp3) is 0.176. The third-order valence-electron chi connectivity index (χ3n) is 3.42. The Morgan fingerprint density at radius 3 is 2.45 bits per heavy atom. The molecule has 0 saturated carbocycles. The molecule has 112 valence electrons. The van der Waals surface area contributed by atoms with Gasteiger partial charge in [0.2, 0.25) is 0 Å². The summed E-state index contributed by atoms with van der Waals surface area (Å²) in [6.07, 6.45) is 1.61. The molecule has 0 radical (unpaired) electrons. The number of nitrogens with zero attached hydrogens (tertiary/aromatic N) is 3. The van der Waals surface area contributed by atoms with Crippen molar-refractivity contribution in [3.05, 3.63) is 60.3 Å². The van der Waals surface area contributed by atoms with Crippen molar-refractivity contribution < 1.29 is 4.55 Å². The van der Waals surface area contributed by atoms with Gasteiger partial charge in [-0.3, -0.25) is 0 Å². The van der Waals surface area contributed by atoms with Crippen LogP contribution in [0.1, 0.15) is 5.56 Å². The second kappa shape index (κ2) is 6.34. The van der Waals surface area contributed by atoms with E-state index in [-0.39, 0.29) is 0 Å². The van der Waals surface area contributed by atoms with Crippen molar-refractivity contribution in [3.63, 3.8) is 0 Å². The van der Waals surface area contributed by atoms with Crippen LogP contribution in [-0.2, 0) is 16.9 Å². The number of aromatic nitrogens is 2. The molecular weight excluding hydrogens is 294 g/mol. The van der Waals surface area contributed by atoms with E-state index >= 15 is 0 Å². The van der Waals surface area contributed by atoms with Gasteiger partial charge in [-0.05, 0) is 18.2 Å². The number of anilines is 1. The maximum Gasteiger partial charge on any atom is 0.263 e. The molecule has 1 unspecified atom stereocenters. The summed E-state index contributed by atoms with van der Waals surface area (Å²) >= 11 is -1.22. The molecule has 3 rings (SSSR count). The quantitative estimate of drug-likeness (QED) is 0.695. The number of fused-ring (bicyclic) bond motifs is 1. The maximum absolute atomic E-state index is 12.6. The first-order chi connectivity index (χ1) is 10.6. The Morgan fingerprint density at radius 2 is 1.68 bits per heavy atom. The molecule has 0 fully saturated rings. The highest BCUT2D eigenvalue weighted by atomic mass is 32.2. The van der Waals surface area contributed by atoms with Gasteiger partial charge in [0, 0.05) is 36.5 Å². The van der Waals surface area contributed by atoms with Crippen molar-refractivity contribution in [2.75, 3.05) is 19.0 Å². The third-order valence-corrected chi connectivity index (χ3v) is 4.66. The molecule has 0 spiro atoms. The SMILES string of the molecule is CN(C)c1ccccc1C[S+]([O-])c1cnc2ccccc2n1. The Kier molecular flexibility index (Phi) is 4.27. The zero-order valence-corrected chi connectivity index (χ0v) is 13.4. The standard InChI is InChI=1S/C17H17N3OS/c1-20(2)16-10-6-3-7-13(16)12-22(21)17-11-18-14-8-4-5-9-15(14)19-17/h3-11H,12H2,1-2H3.